The van der Waals surface area contributed by atoms with E-state index in [4.69, 9.17) is 0 Å². The highest BCUT2D eigenvalue weighted by Crippen LogP contribution is 2.28. The number of nitrogens with zero attached hydrogens (tertiary/aromatic N) is 2. The second-order valence-corrected chi connectivity index (χ2v) is 6.43. The van der Waals surface area contributed by atoms with E-state index in [-0.39, 0.29) is 11.7 Å². The minimum absolute atomic E-state index is 0.0576. The van der Waals surface area contributed by atoms with Crippen LogP contribution in [0.4, 0.5) is 10.1 Å². The molecule has 2 aromatic rings. The Hall–Kier alpha value is -2.47. The van der Waals surface area contributed by atoms with Gasteiger partial charge in [0, 0.05) is 44.8 Å². The van der Waals surface area contributed by atoms with Crippen LogP contribution in [0.3, 0.4) is 0 Å². The number of carbonyl (C=O) groups is 1. The molecule has 2 N–H and O–H groups in total. The summed E-state index contributed by atoms with van der Waals surface area (Å²) in [7, 11) is 1.64. The Labute approximate surface area is 147 Å². The van der Waals surface area contributed by atoms with Gasteiger partial charge in [-0.1, -0.05) is 12.1 Å². The van der Waals surface area contributed by atoms with Gasteiger partial charge in [-0.2, -0.15) is 0 Å². The maximum absolute atomic E-state index is 13.5. The number of amides is 1. The van der Waals surface area contributed by atoms with Gasteiger partial charge >= 0.3 is 0 Å². The number of aromatic nitrogens is 1. The summed E-state index contributed by atoms with van der Waals surface area (Å²) in [6.07, 6.45) is 4.94. The summed E-state index contributed by atoms with van der Waals surface area (Å²) in [4.78, 5) is 19.0. The van der Waals surface area contributed by atoms with Gasteiger partial charge in [-0.3, -0.25) is 14.7 Å². The fourth-order valence-corrected chi connectivity index (χ4v) is 3.33. The summed E-state index contributed by atoms with van der Waals surface area (Å²) in [5, 5.41) is 6.03. The number of likely N-dealkylation sites (tertiary alicyclic amines) is 1. The average Bonchev–Trinajstić information content (AvgIpc) is 2.64. The third-order valence-electron chi connectivity index (χ3n) is 4.71. The lowest BCUT2D eigenvalue weighted by molar-refractivity contribution is -0.126. The molecule has 0 radical (unpaired) electrons. The van der Waals surface area contributed by atoms with Gasteiger partial charge in [0.2, 0.25) is 5.91 Å². The second-order valence-electron chi connectivity index (χ2n) is 6.43. The topological polar surface area (TPSA) is 57.3 Å². The Morgan fingerprint density at radius 2 is 2.08 bits per heavy atom. The largest absolute Gasteiger partial charge is 0.371 e. The van der Waals surface area contributed by atoms with Gasteiger partial charge < -0.3 is 10.6 Å². The highest BCUT2D eigenvalue weighted by molar-refractivity contribution is 5.89. The first-order chi connectivity index (χ1) is 12.1. The molecule has 3 rings (SSSR count). The zero-order chi connectivity index (χ0) is 17.7. The van der Waals surface area contributed by atoms with Crippen molar-refractivity contribution in [2.45, 2.75) is 24.9 Å². The van der Waals surface area contributed by atoms with Crippen LogP contribution in [0.15, 0.2) is 48.8 Å². The Bertz CT molecular complexity index is 714. The van der Waals surface area contributed by atoms with Crippen LogP contribution >= 0.6 is 0 Å². The highest BCUT2D eigenvalue weighted by Gasteiger charge is 2.40. The van der Waals surface area contributed by atoms with Gasteiger partial charge in [-0.05, 0) is 42.7 Å². The van der Waals surface area contributed by atoms with Crippen LogP contribution in [0.25, 0.3) is 0 Å². The molecule has 1 fully saturated rings. The molecule has 1 aromatic heterocycles. The van der Waals surface area contributed by atoms with E-state index < -0.39 is 5.54 Å². The number of halogens is 1. The van der Waals surface area contributed by atoms with Crippen LogP contribution in [0.2, 0.25) is 0 Å². The lowest BCUT2D eigenvalue weighted by Crippen LogP contribution is -2.57. The second kappa shape index (κ2) is 7.61. The molecule has 1 saturated heterocycles. The number of benzene rings is 1. The van der Waals surface area contributed by atoms with Crippen molar-refractivity contribution >= 4 is 11.6 Å². The van der Waals surface area contributed by atoms with Crippen molar-refractivity contribution < 1.29 is 9.18 Å². The Balaban J connectivity index is 1.70. The number of hydrogen-bond acceptors (Lipinski definition) is 4. The van der Waals surface area contributed by atoms with Gasteiger partial charge in [0.15, 0.2) is 0 Å². The van der Waals surface area contributed by atoms with Crippen molar-refractivity contribution in [2.75, 3.05) is 25.5 Å². The van der Waals surface area contributed by atoms with E-state index in [2.05, 4.69) is 26.6 Å². The van der Waals surface area contributed by atoms with Crippen molar-refractivity contribution in [1.29, 1.82) is 0 Å². The van der Waals surface area contributed by atoms with E-state index in [1.807, 2.05) is 12.3 Å². The van der Waals surface area contributed by atoms with E-state index in [0.29, 0.717) is 18.5 Å². The van der Waals surface area contributed by atoms with Crippen LogP contribution in [-0.4, -0.2) is 41.5 Å². The van der Waals surface area contributed by atoms with Crippen LogP contribution < -0.4 is 10.6 Å². The van der Waals surface area contributed by atoms with Crippen molar-refractivity contribution in [3.63, 3.8) is 0 Å². The summed E-state index contributed by atoms with van der Waals surface area (Å²) in [5.41, 5.74) is 1.07. The summed E-state index contributed by atoms with van der Waals surface area (Å²) in [6.45, 7) is 2.38. The summed E-state index contributed by atoms with van der Waals surface area (Å²) in [5.74, 6) is -0.371. The Morgan fingerprint density at radius 1 is 1.28 bits per heavy atom. The molecule has 0 bridgehead atoms. The number of piperidine rings is 1. The van der Waals surface area contributed by atoms with Crippen LogP contribution in [0, 0.1) is 5.82 Å². The molecule has 5 nitrogen and oxygen atoms in total. The minimum Gasteiger partial charge on any atom is -0.371 e. The molecule has 132 valence electrons. The van der Waals surface area contributed by atoms with E-state index in [1.54, 1.807) is 25.4 Å². The molecule has 0 aliphatic carbocycles. The number of hydrogen-bond donors (Lipinski definition) is 2. The number of nitrogens with one attached hydrogen (secondary N) is 2. The molecule has 1 aliphatic rings. The van der Waals surface area contributed by atoms with Gasteiger partial charge in [0.25, 0.3) is 0 Å². The fourth-order valence-electron chi connectivity index (χ4n) is 3.33. The van der Waals surface area contributed by atoms with E-state index in [1.165, 1.54) is 12.1 Å². The standard InChI is InChI=1S/C19H23FN4O/c1-21-18(25)19(23-17-6-2-5-16(20)12-17)7-10-24(11-8-19)14-15-4-3-9-22-13-15/h2-6,9,12-13,23H,7-8,10-11,14H2,1H3,(H,21,25). The van der Waals surface area contributed by atoms with E-state index in [9.17, 15) is 9.18 Å². The maximum atomic E-state index is 13.5. The maximum Gasteiger partial charge on any atom is 0.245 e. The summed E-state index contributed by atoms with van der Waals surface area (Å²) >= 11 is 0. The van der Waals surface area contributed by atoms with Crippen molar-refractivity contribution in [3.05, 3.63) is 60.2 Å². The predicted molar refractivity (Wildman–Crippen MR) is 95.6 cm³/mol. The van der Waals surface area contributed by atoms with Gasteiger partial charge in [0.1, 0.15) is 11.4 Å². The predicted octanol–water partition coefficient (Wildman–Crippen LogP) is 2.41. The zero-order valence-electron chi connectivity index (χ0n) is 14.3. The summed E-state index contributed by atoms with van der Waals surface area (Å²) < 4.78 is 13.5. The van der Waals surface area contributed by atoms with Crippen LogP contribution in [0.5, 0.6) is 0 Å². The Morgan fingerprint density at radius 3 is 2.72 bits per heavy atom. The molecular weight excluding hydrogens is 319 g/mol. The molecule has 1 amide bonds. The lowest BCUT2D eigenvalue weighted by atomic mass is 9.85. The number of pyridine rings is 1. The molecule has 1 aromatic carbocycles. The molecule has 25 heavy (non-hydrogen) atoms. The van der Waals surface area contributed by atoms with Crippen molar-refractivity contribution in [3.8, 4) is 0 Å². The van der Waals surface area contributed by atoms with Gasteiger partial charge in [-0.25, -0.2) is 4.39 Å². The number of anilines is 1. The third-order valence-corrected chi connectivity index (χ3v) is 4.71. The lowest BCUT2D eigenvalue weighted by Gasteiger charge is -2.41. The SMILES string of the molecule is CNC(=O)C1(Nc2cccc(F)c2)CCN(Cc2cccnc2)CC1. The van der Waals surface area contributed by atoms with Crippen LogP contribution in [0.1, 0.15) is 18.4 Å². The van der Waals surface area contributed by atoms with Gasteiger partial charge in [-0.15, -0.1) is 0 Å². The van der Waals surface area contributed by atoms with Crippen molar-refractivity contribution in [1.82, 2.24) is 15.2 Å². The fraction of sp³-hybridized carbons (Fsp3) is 0.368. The first kappa shape index (κ1) is 17.4. The van der Waals surface area contributed by atoms with E-state index in [0.717, 1.165) is 25.2 Å². The molecule has 2 heterocycles. The molecule has 1 aliphatic heterocycles. The first-order valence-corrected chi connectivity index (χ1v) is 8.48. The quantitative estimate of drug-likeness (QED) is 0.876. The van der Waals surface area contributed by atoms with Crippen LogP contribution in [-0.2, 0) is 11.3 Å². The molecule has 0 unspecified atom stereocenters. The molecule has 0 atom stereocenters. The highest BCUT2D eigenvalue weighted by atomic mass is 19.1. The summed E-state index contributed by atoms with van der Waals surface area (Å²) in [6, 6.07) is 10.2. The first-order valence-electron chi connectivity index (χ1n) is 8.48. The number of carbonyl (C=O) groups excluding carboxylic acids is 1. The zero-order valence-corrected chi connectivity index (χ0v) is 14.3. The normalized spacial score (nSPS) is 17.0. The molecular formula is C19H23FN4O. The monoisotopic (exact) mass is 342 g/mol. The molecule has 0 spiro atoms. The number of likely N-dealkylation sites (N-methyl/N-ethyl adjacent to an activating group) is 1. The molecule has 6 heteroatoms. The average molecular weight is 342 g/mol. The van der Waals surface area contributed by atoms with Crippen molar-refractivity contribution in [2.24, 2.45) is 0 Å². The third kappa shape index (κ3) is 4.14. The molecule has 0 saturated carbocycles. The minimum atomic E-state index is -0.714. The number of rotatable bonds is 5. The Kier molecular flexibility index (Phi) is 5.28. The smallest absolute Gasteiger partial charge is 0.245 e. The van der Waals surface area contributed by atoms with E-state index >= 15 is 0 Å². The van der Waals surface area contributed by atoms with Gasteiger partial charge in [0.05, 0.1) is 0 Å².